The number of aromatic nitrogens is 2. The van der Waals surface area contributed by atoms with Crippen LogP contribution in [0, 0.1) is 0 Å². The van der Waals surface area contributed by atoms with Gasteiger partial charge in [-0.3, -0.25) is 28.9 Å². The molecule has 0 radical (unpaired) electrons. The molecule has 0 aliphatic rings. The molecule has 2 aromatic heterocycles. The Morgan fingerprint density at radius 3 is 2.05 bits per heavy atom. The standard InChI is InChI=1S/C28H40N6O8/c1-3-32(18-17-30-27(39)22-11-7-14-25(37)33(22)41)19-21(31-28(40)23-12-8-15-26(38)34(23)42)10-4-5-16-29-24(36)13-6-9-20(2)35/h7-8,11-12,14-15,21,41-42H,3-6,9-10,13,16-19H2,1-2H3,(H,29,36)(H,30,39)(H,31,40). The van der Waals surface area contributed by atoms with E-state index in [-0.39, 0.29) is 45.5 Å². The average Bonchev–Trinajstić information content (AvgIpc) is 2.94. The van der Waals surface area contributed by atoms with E-state index < -0.39 is 29.0 Å². The first-order valence-electron chi connectivity index (χ1n) is 13.9. The Labute approximate surface area is 243 Å². The topological polar surface area (TPSA) is 192 Å². The van der Waals surface area contributed by atoms with E-state index in [2.05, 4.69) is 16.0 Å². The van der Waals surface area contributed by atoms with Crippen molar-refractivity contribution in [1.29, 1.82) is 0 Å². The van der Waals surface area contributed by atoms with Gasteiger partial charge < -0.3 is 31.2 Å². The molecule has 0 aromatic carbocycles. The molecular formula is C28H40N6O8. The van der Waals surface area contributed by atoms with Crippen molar-refractivity contribution in [2.75, 3.05) is 32.7 Å². The summed E-state index contributed by atoms with van der Waals surface area (Å²) in [7, 11) is 0. The van der Waals surface area contributed by atoms with Gasteiger partial charge in [0.2, 0.25) is 5.91 Å². The van der Waals surface area contributed by atoms with E-state index in [0.717, 1.165) is 12.1 Å². The number of hydrogen-bond donors (Lipinski definition) is 5. The summed E-state index contributed by atoms with van der Waals surface area (Å²) in [6, 6.07) is 7.24. The number of amides is 3. The molecule has 1 atom stereocenters. The molecule has 0 aliphatic carbocycles. The van der Waals surface area contributed by atoms with Crippen LogP contribution in [-0.4, -0.2) is 87.0 Å². The molecule has 2 rings (SSSR count). The van der Waals surface area contributed by atoms with Crippen molar-refractivity contribution in [3.63, 3.8) is 0 Å². The third kappa shape index (κ3) is 11.2. The van der Waals surface area contributed by atoms with E-state index in [0.29, 0.717) is 58.3 Å². The summed E-state index contributed by atoms with van der Waals surface area (Å²) < 4.78 is 0.558. The fourth-order valence-corrected chi connectivity index (χ4v) is 4.21. The summed E-state index contributed by atoms with van der Waals surface area (Å²) in [4.78, 5) is 73.6. The number of unbranched alkanes of at least 4 members (excludes halogenated alkanes) is 1. The largest absolute Gasteiger partial charge is 0.425 e. The Hall–Kier alpha value is -4.46. The highest BCUT2D eigenvalue weighted by molar-refractivity contribution is 5.93. The molecule has 0 fully saturated rings. The molecule has 42 heavy (non-hydrogen) atoms. The van der Waals surface area contributed by atoms with Gasteiger partial charge in [0.15, 0.2) is 0 Å². The van der Waals surface area contributed by atoms with Crippen LogP contribution in [-0.2, 0) is 9.59 Å². The van der Waals surface area contributed by atoms with E-state index in [1.54, 1.807) is 0 Å². The van der Waals surface area contributed by atoms with Gasteiger partial charge in [0.05, 0.1) is 0 Å². The fourth-order valence-electron chi connectivity index (χ4n) is 4.21. The predicted molar refractivity (Wildman–Crippen MR) is 153 cm³/mol. The number of ketones is 1. The van der Waals surface area contributed by atoms with Gasteiger partial charge >= 0.3 is 0 Å². The maximum absolute atomic E-state index is 12.9. The van der Waals surface area contributed by atoms with Crippen LogP contribution in [0.1, 0.15) is 73.3 Å². The first-order valence-corrected chi connectivity index (χ1v) is 13.9. The minimum atomic E-state index is -0.740. The minimum Gasteiger partial charge on any atom is -0.425 e. The molecule has 0 saturated carbocycles. The second-order valence-corrected chi connectivity index (χ2v) is 9.84. The Morgan fingerprint density at radius 2 is 1.45 bits per heavy atom. The van der Waals surface area contributed by atoms with E-state index in [9.17, 15) is 39.2 Å². The van der Waals surface area contributed by atoms with E-state index >= 15 is 0 Å². The monoisotopic (exact) mass is 588 g/mol. The van der Waals surface area contributed by atoms with Gasteiger partial charge in [-0.05, 0) is 51.3 Å². The SMILES string of the molecule is CCN(CCNC(=O)c1cccc(=O)n1O)CC(CCCCNC(=O)CCCC(C)=O)NC(=O)c1cccc(=O)n1O. The molecule has 5 N–H and O–H groups in total. The third-order valence-electron chi connectivity index (χ3n) is 6.53. The number of Topliss-reactive ketones (excluding diaryl/α,β-unsaturated/α-hetero) is 1. The molecular weight excluding hydrogens is 548 g/mol. The molecule has 0 bridgehead atoms. The summed E-state index contributed by atoms with van der Waals surface area (Å²) in [6.45, 7) is 5.38. The zero-order chi connectivity index (χ0) is 31.1. The molecule has 3 amide bonds. The highest BCUT2D eigenvalue weighted by Crippen LogP contribution is 2.06. The van der Waals surface area contributed by atoms with Crippen LogP contribution in [0.15, 0.2) is 46.0 Å². The van der Waals surface area contributed by atoms with Crippen LogP contribution in [0.2, 0.25) is 0 Å². The van der Waals surface area contributed by atoms with Crippen LogP contribution >= 0.6 is 0 Å². The van der Waals surface area contributed by atoms with Crippen LogP contribution in [0.4, 0.5) is 0 Å². The number of carbonyl (C=O) groups is 4. The van der Waals surface area contributed by atoms with Gasteiger partial charge in [0.25, 0.3) is 22.9 Å². The molecule has 1 unspecified atom stereocenters. The van der Waals surface area contributed by atoms with Crippen molar-refractivity contribution in [1.82, 2.24) is 30.3 Å². The fraction of sp³-hybridized carbons (Fsp3) is 0.500. The van der Waals surface area contributed by atoms with Crippen LogP contribution in [0.3, 0.4) is 0 Å². The number of rotatable bonds is 18. The molecule has 2 heterocycles. The second-order valence-electron chi connectivity index (χ2n) is 9.84. The number of pyridine rings is 2. The van der Waals surface area contributed by atoms with Crippen molar-refractivity contribution in [2.45, 2.75) is 58.4 Å². The van der Waals surface area contributed by atoms with Crippen molar-refractivity contribution in [3.8, 4) is 0 Å². The smallest absolute Gasteiger partial charge is 0.283 e. The summed E-state index contributed by atoms with van der Waals surface area (Å²) in [6.07, 6.45) is 2.96. The lowest BCUT2D eigenvalue weighted by atomic mass is 10.1. The van der Waals surface area contributed by atoms with Crippen molar-refractivity contribution >= 4 is 23.5 Å². The first kappa shape index (κ1) is 33.7. The van der Waals surface area contributed by atoms with E-state index in [1.165, 1.54) is 31.2 Å². The van der Waals surface area contributed by atoms with Crippen molar-refractivity contribution < 1.29 is 29.6 Å². The maximum Gasteiger partial charge on any atom is 0.283 e. The van der Waals surface area contributed by atoms with E-state index in [1.807, 2.05) is 11.8 Å². The number of hydrogen-bond acceptors (Lipinski definition) is 9. The minimum absolute atomic E-state index is 0.0421. The van der Waals surface area contributed by atoms with Gasteiger partial charge in [0, 0.05) is 57.2 Å². The van der Waals surface area contributed by atoms with E-state index in [4.69, 9.17) is 0 Å². The average molecular weight is 589 g/mol. The molecule has 230 valence electrons. The first-order chi connectivity index (χ1) is 20.0. The zero-order valence-corrected chi connectivity index (χ0v) is 24.0. The predicted octanol–water partition coefficient (Wildman–Crippen LogP) is 0.381. The van der Waals surface area contributed by atoms with Gasteiger partial charge in [0.1, 0.15) is 17.2 Å². The molecule has 14 heteroatoms. The highest BCUT2D eigenvalue weighted by atomic mass is 16.5. The lowest BCUT2D eigenvalue weighted by molar-refractivity contribution is -0.121. The highest BCUT2D eigenvalue weighted by Gasteiger charge is 2.20. The molecule has 14 nitrogen and oxygen atoms in total. The lowest BCUT2D eigenvalue weighted by Crippen LogP contribution is -2.46. The molecule has 0 spiro atoms. The number of likely N-dealkylation sites (N-methyl/N-ethyl adjacent to an activating group) is 1. The molecule has 0 aliphatic heterocycles. The Morgan fingerprint density at radius 1 is 0.833 bits per heavy atom. The number of nitrogens with one attached hydrogen (secondary N) is 3. The van der Waals surface area contributed by atoms with Crippen molar-refractivity contribution in [3.05, 3.63) is 68.5 Å². The summed E-state index contributed by atoms with van der Waals surface area (Å²) >= 11 is 0. The van der Waals surface area contributed by atoms with Crippen LogP contribution in [0.25, 0.3) is 0 Å². The van der Waals surface area contributed by atoms with Crippen LogP contribution < -0.4 is 27.1 Å². The van der Waals surface area contributed by atoms with Crippen molar-refractivity contribution in [2.24, 2.45) is 0 Å². The normalized spacial score (nSPS) is 11.6. The quantitative estimate of drug-likeness (QED) is 0.121. The second kappa shape index (κ2) is 17.4. The lowest BCUT2D eigenvalue weighted by Gasteiger charge is -2.27. The third-order valence-corrected chi connectivity index (χ3v) is 6.53. The summed E-state index contributed by atoms with van der Waals surface area (Å²) in [5, 5.41) is 28.1. The molecule has 0 saturated heterocycles. The van der Waals surface area contributed by atoms with Gasteiger partial charge in [-0.2, -0.15) is 0 Å². The zero-order valence-electron chi connectivity index (χ0n) is 24.0. The number of nitrogens with zero attached hydrogens (tertiary/aromatic N) is 3. The summed E-state index contributed by atoms with van der Waals surface area (Å²) in [5.41, 5.74) is -1.87. The summed E-state index contributed by atoms with van der Waals surface area (Å²) in [5.74, 6) is -1.34. The Kier molecular flexibility index (Phi) is 14.0. The molecule has 2 aromatic rings. The van der Waals surface area contributed by atoms with Gasteiger partial charge in [-0.15, -0.1) is 9.46 Å². The Bertz CT molecular complexity index is 1340. The maximum atomic E-state index is 12.9. The van der Waals surface area contributed by atoms with Crippen LogP contribution in [0.5, 0.6) is 0 Å². The number of carbonyl (C=O) groups excluding carboxylic acids is 4. The van der Waals surface area contributed by atoms with Gasteiger partial charge in [-0.1, -0.05) is 19.1 Å². The Balaban J connectivity index is 1.95. The van der Waals surface area contributed by atoms with Gasteiger partial charge in [-0.25, -0.2) is 0 Å².